The number of benzene rings is 1. The van der Waals surface area contributed by atoms with E-state index in [1.54, 1.807) is 30.8 Å². The number of nitrogens with two attached hydrogens (primary N) is 1. The number of thioether (sulfide) groups is 1. The van der Waals surface area contributed by atoms with E-state index < -0.39 is 0 Å². The van der Waals surface area contributed by atoms with Gasteiger partial charge in [-0.25, -0.2) is 4.79 Å². The standard InChI is InChI=1S/C10H12BrNO2S/c1-3-14-10(13)6-4-9(15-2)7(11)5-8(6)12/h4-5H,3,12H2,1-2H3. The second-order valence-electron chi connectivity index (χ2n) is 2.79. The van der Waals surface area contributed by atoms with Gasteiger partial charge in [0.1, 0.15) is 0 Å². The molecule has 1 aromatic rings. The molecule has 15 heavy (non-hydrogen) atoms. The number of carbonyl (C=O) groups is 1. The van der Waals surface area contributed by atoms with Gasteiger partial charge in [0.15, 0.2) is 0 Å². The van der Waals surface area contributed by atoms with E-state index in [0.29, 0.717) is 17.9 Å². The van der Waals surface area contributed by atoms with Gasteiger partial charge in [0.2, 0.25) is 0 Å². The van der Waals surface area contributed by atoms with Gasteiger partial charge in [-0.3, -0.25) is 0 Å². The Morgan fingerprint density at radius 1 is 1.60 bits per heavy atom. The molecule has 1 aromatic carbocycles. The number of anilines is 1. The first kappa shape index (κ1) is 12.4. The predicted molar refractivity (Wildman–Crippen MR) is 66.3 cm³/mol. The highest BCUT2D eigenvalue weighted by atomic mass is 79.9. The second kappa shape index (κ2) is 5.42. The molecule has 0 amide bonds. The lowest BCUT2D eigenvalue weighted by Gasteiger charge is -2.08. The Morgan fingerprint density at radius 3 is 2.80 bits per heavy atom. The topological polar surface area (TPSA) is 52.3 Å². The number of hydrogen-bond acceptors (Lipinski definition) is 4. The van der Waals surface area contributed by atoms with Gasteiger partial charge in [-0.15, -0.1) is 11.8 Å². The van der Waals surface area contributed by atoms with Crippen molar-refractivity contribution in [3.05, 3.63) is 22.2 Å². The van der Waals surface area contributed by atoms with Crippen LogP contribution >= 0.6 is 27.7 Å². The molecule has 0 heterocycles. The highest BCUT2D eigenvalue weighted by Crippen LogP contribution is 2.30. The normalized spacial score (nSPS) is 10.1. The minimum absolute atomic E-state index is 0.350. The van der Waals surface area contributed by atoms with Crippen LogP contribution in [0.25, 0.3) is 0 Å². The zero-order chi connectivity index (χ0) is 11.4. The van der Waals surface area contributed by atoms with Crippen molar-refractivity contribution in [2.75, 3.05) is 18.6 Å². The largest absolute Gasteiger partial charge is 0.462 e. The van der Waals surface area contributed by atoms with Crippen LogP contribution in [0.3, 0.4) is 0 Å². The summed E-state index contributed by atoms with van der Waals surface area (Å²) >= 11 is 4.92. The molecule has 0 radical (unpaired) electrons. The Bertz CT molecular complexity index is 382. The Kier molecular flexibility index (Phi) is 4.47. The van der Waals surface area contributed by atoms with Crippen molar-refractivity contribution in [2.45, 2.75) is 11.8 Å². The Labute approximate surface area is 101 Å². The summed E-state index contributed by atoms with van der Waals surface area (Å²) in [5.74, 6) is -0.377. The lowest BCUT2D eigenvalue weighted by Crippen LogP contribution is -2.08. The van der Waals surface area contributed by atoms with Crippen molar-refractivity contribution < 1.29 is 9.53 Å². The second-order valence-corrected chi connectivity index (χ2v) is 4.50. The molecule has 0 aromatic heterocycles. The van der Waals surface area contributed by atoms with Crippen molar-refractivity contribution in [2.24, 2.45) is 0 Å². The summed E-state index contributed by atoms with van der Waals surface area (Å²) < 4.78 is 5.79. The molecule has 0 fully saturated rings. The summed E-state index contributed by atoms with van der Waals surface area (Å²) in [7, 11) is 0. The lowest BCUT2D eigenvalue weighted by molar-refractivity contribution is 0.0527. The number of rotatable bonds is 3. The Morgan fingerprint density at radius 2 is 2.27 bits per heavy atom. The van der Waals surface area contributed by atoms with Gasteiger partial charge in [-0.2, -0.15) is 0 Å². The monoisotopic (exact) mass is 289 g/mol. The molecule has 5 heteroatoms. The molecular weight excluding hydrogens is 278 g/mol. The number of carbonyl (C=O) groups excluding carboxylic acids is 1. The van der Waals surface area contributed by atoms with Gasteiger partial charge in [0.25, 0.3) is 0 Å². The van der Waals surface area contributed by atoms with E-state index in [1.807, 2.05) is 6.26 Å². The van der Waals surface area contributed by atoms with Gasteiger partial charge >= 0.3 is 5.97 Å². The zero-order valence-corrected chi connectivity index (χ0v) is 10.9. The van der Waals surface area contributed by atoms with Crippen LogP contribution in [0.5, 0.6) is 0 Å². The fraction of sp³-hybridized carbons (Fsp3) is 0.300. The molecule has 0 saturated heterocycles. The SMILES string of the molecule is CCOC(=O)c1cc(SC)c(Br)cc1N. The fourth-order valence-corrected chi connectivity index (χ4v) is 2.45. The van der Waals surface area contributed by atoms with Crippen LogP contribution in [0.4, 0.5) is 5.69 Å². The third-order valence-electron chi connectivity index (χ3n) is 1.82. The van der Waals surface area contributed by atoms with E-state index >= 15 is 0 Å². The first-order chi connectivity index (χ1) is 7.10. The molecule has 0 atom stereocenters. The molecule has 0 aliphatic heterocycles. The number of nitrogen functional groups attached to an aromatic ring is 1. The Balaban J connectivity index is 3.12. The first-order valence-corrected chi connectivity index (χ1v) is 6.42. The van der Waals surface area contributed by atoms with Gasteiger partial charge in [0, 0.05) is 15.1 Å². The predicted octanol–water partition coefficient (Wildman–Crippen LogP) is 2.93. The molecule has 1 rings (SSSR count). The molecule has 0 unspecified atom stereocenters. The zero-order valence-electron chi connectivity index (χ0n) is 8.54. The minimum Gasteiger partial charge on any atom is -0.462 e. The van der Waals surface area contributed by atoms with E-state index in [-0.39, 0.29) is 5.97 Å². The van der Waals surface area contributed by atoms with Crippen LogP contribution in [-0.4, -0.2) is 18.8 Å². The van der Waals surface area contributed by atoms with Crippen molar-refractivity contribution in [1.29, 1.82) is 0 Å². The van der Waals surface area contributed by atoms with E-state index in [2.05, 4.69) is 15.9 Å². The molecule has 0 bridgehead atoms. The van der Waals surface area contributed by atoms with E-state index in [0.717, 1.165) is 9.37 Å². The highest BCUT2D eigenvalue weighted by Gasteiger charge is 2.13. The summed E-state index contributed by atoms with van der Waals surface area (Å²) in [4.78, 5) is 12.5. The molecule has 0 aliphatic carbocycles. The van der Waals surface area contributed by atoms with Crippen molar-refractivity contribution in [3.63, 3.8) is 0 Å². The Hall–Kier alpha value is -0.680. The molecule has 2 N–H and O–H groups in total. The lowest BCUT2D eigenvalue weighted by atomic mass is 10.2. The van der Waals surface area contributed by atoms with Crippen LogP contribution in [0.1, 0.15) is 17.3 Å². The van der Waals surface area contributed by atoms with Crippen LogP contribution in [0, 0.1) is 0 Å². The van der Waals surface area contributed by atoms with E-state index in [9.17, 15) is 4.79 Å². The third kappa shape index (κ3) is 2.89. The molecule has 0 saturated carbocycles. The number of hydrogen-bond donors (Lipinski definition) is 1. The molecule has 3 nitrogen and oxygen atoms in total. The van der Waals surface area contributed by atoms with Crippen LogP contribution in [-0.2, 0) is 4.74 Å². The van der Waals surface area contributed by atoms with Crippen LogP contribution in [0.15, 0.2) is 21.5 Å². The average Bonchev–Trinajstić information content (AvgIpc) is 2.18. The number of ether oxygens (including phenoxy) is 1. The van der Waals surface area contributed by atoms with E-state index in [1.165, 1.54) is 0 Å². The molecule has 82 valence electrons. The van der Waals surface area contributed by atoms with Gasteiger partial charge in [0.05, 0.1) is 12.2 Å². The summed E-state index contributed by atoms with van der Waals surface area (Å²) in [6.45, 7) is 2.12. The highest BCUT2D eigenvalue weighted by molar-refractivity contribution is 9.10. The maximum absolute atomic E-state index is 11.5. The maximum Gasteiger partial charge on any atom is 0.340 e. The van der Waals surface area contributed by atoms with Crippen molar-refractivity contribution in [1.82, 2.24) is 0 Å². The minimum atomic E-state index is -0.377. The molecule has 0 aliphatic rings. The summed E-state index contributed by atoms with van der Waals surface area (Å²) in [5.41, 5.74) is 6.59. The number of esters is 1. The molecular formula is C10H12BrNO2S. The smallest absolute Gasteiger partial charge is 0.340 e. The van der Waals surface area contributed by atoms with Crippen molar-refractivity contribution in [3.8, 4) is 0 Å². The molecule has 0 spiro atoms. The van der Waals surface area contributed by atoms with Crippen LogP contribution in [0.2, 0.25) is 0 Å². The first-order valence-electron chi connectivity index (χ1n) is 4.40. The summed E-state index contributed by atoms with van der Waals surface area (Å²) in [6, 6.07) is 3.46. The number of halogens is 1. The van der Waals surface area contributed by atoms with E-state index in [4.69, 9.17) is 10.5 Å². The average molecular weight is 290 g/mol. The van der Waals surface area contributed by atoms with Gasteiger partial charge in [-0.05, 0) is 41.2 Å². The fourth-order valence-electron chi connectivity index (χ4n) is 1.11. The quantitative estimate of drug-likeness (QED) is 0.528. The van der Waals surface area contributed by atoms with Crippen LogP contribution < -0.4 is 5.73 Å². The van der Waals surface area contributed by atoms with Gasteiger partial charge < -0.3 is 10.5 Å². The summed E-state index contributed by atoms with van der Waals surface area (Å²) in [6.07, 6.45) is 1.94. The third-order valence-corrected chi connectivity index (χ3v) is 3.52. The summed E-state index contributed by atoms with van der Waals surface area (Å²) in [5, 5.41) is 0. The maximum atomic E-state index is 11.5. The van der Waals surface area contributed by atoms with Gasteiger partial charge in [-0.1, -0.05) is 0 Å². The van der Waals surface area contributed by atoms with Crippen molar-refractivity contribution >= 4 is 39.3 Å².